The van der Waals surface area contributed by atoms with Crippen molar-refractivity contribution in [2.45, 2.75) is 44.7 Å². The van der Waals surface area contributed by atoms with Crippen LogP contribution >= 0.6 is 23.4 Å². The average Bonchev–Trinajstić information content (AvgIpc) is 2.78. The van der Waals surface area contributed by atoms with E-state index < -0.39 is 5.25 Å². The summed E-state index contributed by atoms with van der Waals surface area (Å²) in [5.41, 5.74) is 6.02. The molecule has 1 N–H and O–H groups in total. The Balaban J connectivity index is 1.59. The Labute approximate surface area is 208 Å². The van der Waals surface area contributed by atoms with E-state index in [1.807, 2.05) is 69.3 Å². The molecule has 178 valence electrons. The van der Waals surface area contributed by atoms with E-state index in [0.29, 0.717) is 34.9 Å². The number of carbonyl (C=O) groups is 1. The van der Waals surface area contributed by atoms with Crippen LogP contribution in [0.25, 0.3) is 0 Å². The topological polar surface area (TPSA) is 85.7 Å². The van der Waals surface area contributed by atoms with Gasteiger partial charge in [-0.15, -0.1) is 0 Å². The molecule has 0 saturated carbocycles. The van der Waals surface area contributed by atoms with Crippen LogP contribution < -0.4 is 14.9 Å². The fourth-order valence-corrected chi connectivity index (χ4v) is 4.08. The molecule has 34 heavy (non-hydrogen) atoms. The molecular formula is C25H27ClN4O3S. The van der Waals surface area contributed by atoms with Gasteiger partial charge in [-0.25, -0.2) is 15.4 Å². The molecule has 1 amide bonds. The lowest BCUT2D eigenvalue weighted by Crippen LogP contribution is -2.27. The van der Waals surface area contributed by atoms with Crippen molar-refractivity contribution in [1.29, 1.82) is 0 Å². The standard InChI is InChI=1S/C25H27ClN4O3S/c1-5-32-23-13-19(9-10-22(23)33-15-20-7-6-8-21(26)12-20)14-27-30-24(31)18(4)34-25-28-16(2)11-17(3)29-25/h6-14,18H,5,15H2,1-4H3,(H,30,31)/b27-14-/t18-/m1/s1. The van der Waals surface area contributed by atoms with Crippen molar-refractivity contribution in [2.75, 3.05) is 6.61 Å². The largest absolute Gasteiger partial charge is 0.490 e. The zero-order valence-corrected chi connectivity index (χ0v) is 21.1. The number of aryl methyl sites for hydroxylation is 2. The number of hydrazone groups is 1. The predicted molar refractivity (Wildman–Crippen MR) is 136 cm³/mol. The highest BCUT2D eigenvalue weighted by molar-refractivity contribution is 8.00. The zero-order chi connectivity index (χ0) is 24.5. The van der Waals surface area contributed by atoms with E-state index in [9.17, 15) is 4.79 Å². The number of hydrogen-bond acceptors (Lipinski definition) is 7. The van der Waals surface area contributed by atoms with Gasteiger partial charge < -0.3 is 9.47 Å². The summed E-state index contributed by atoms with van der Waals surface area (Å²) in [6, 6.07) is 14.9. The van der Waals surface area contributed by atoms with Gasteiger partial charge in [0.05, 0.1) is 18.1 Å². The number of nitrogens with one attached hydrogen (secondary N) is 1. The zero-order valence-electron chi connectivity index (χ0n) is 19.5. The van der Waals surface area contributed by atoms with Crippen LogP contribution in [0.5, 0.6) is 11.5 Å². The van der Waals surface area contributed by atoms with Gasteiger partial charge in [0.25, 0.3) is 5.91 Å². The summed E-state index contributed by atoms with van der Waals surface area (Å²) in [7, 11) is 0. The number of ether oxygens (including phenoxy) is 2. The van der Waals surface area contributed by atoms with Gasteiger partial charge in [-0.05, 0) is 75.2 Å². The Bertz CT molecular complexity index is 1150. The Hall–Kier alpha value is -3.10. The Morgan fingerprint density at radius 1 is 1.12 bits per heavy atom. The summed E-state index contributed by atoms with van der Waals surface area (Å²) < 4.78 is 11.6. The van der Waals surface area contributed by atoms with Crippen molar-refractivity contribution in [2.24, 2.45) is 5.10 Å². The molecule has 7 nitrogen and oxygen atoms in total. The molecule has 3 rings (SSSR count). The fourth-order valence-electron chi connectivity index (χ4n) is 3.00. The van der Waals surface area contributed by atoms with Crippen LogP contribution in [0.3, 0.4) is 0 Å². The van der Waals surface area contributed by atoms with Crippen molar-refractivity contribution in [3.63, 3.8) is 0 Å². The van der Waals surface area contributed by atoms with Crippen LogP contribution in [0.1, 0.15) is 36.4 Å². The maximum Gasteiger partial charge on any atom is 0.253 e. The van der Waals surface area contributed by atoms with Crippen LogP contribution in [0.15, 0.2) is 58.8 Å². The molecule has 0 fully saturated rings. The van der Waals surface area contributed by atoms with Gasteiger partial charge in [0.15, 0.2) is 16.7 Å². The van der Waals surface area contributed by atoms with Crippen molar-refractivity contribution in [1.82, 2.24) is 15.4 Å². The van der Waals surface area contributed by atoms with Gasteiger partial charge in [-0.1, -0.05) is 35.5 Å². The molecule has 0 unspecified atom stereocenters. The van der Waals surface area contributed by atoms with Crippen molar-refractivity contribution in [3.8, 4) is 11.5 Å². The quantitative estimate of drug-likeness (QED) is 0.175. The Morgan fingerprint density at radius 3 is 2.59 bits per heavy atom. The van der Waals surface area contributed by atoms with Crippen LogP contribution in [0.4, 0.5) is 0 Å². The van der Waals surface area contributed by atoms with Gasteiger partial charge in [0.2, 0.25) is 0 Å². The molecule has 0 bridgehead atoms. The maximum absolute atomic E-state index is 12.4. The van der Waals surface area contributed by atoms with E-state index in [-0.39, 0.29) is 5.91 Å². The van der Waals surface area contributed by atoms with Gasteiger partial charge in [0.1, 0.15) is 6.61 Å². The van der Waals surface area contributed by atoms with Crippen LogP contribution in [0, 0.1) is 13.8 Å². The normalized spacial score (nSPS) is 11.9. The van der Waals surface area contributed by atoms with Gasteiger partial charge in [-0.3, -0.25) is 4.79 Å². The monoisotopic (exact) mass is 498 g/mol. The number of aromatic nitrogens is 2. The van der Waals surface area contributed by atoms with E-state index in [4.69, 9.17) is 21.1 Å². The first-order valence-corrected chi connectivity index (χ1v) is 12.1. The van der Waals surface area contributed by atoms with Crippen molar-refractivity contribution >= 4 is 35.5 Å². The number of carbonyl (C=O) groups excluding carboxylic acids is 1. The molecule has 0 aliphatic rings. The number of thioether (sulfide) groups is 1. The second-order valence-corrected chi connectivity index (χ2v) is 9.23. The molecule has 9 heteroatoms. The molecule has 0 spiro atoms. The van der Waals surface area contributed by atoms with E-state index in [0.717, 1.165) is 22.5 Å². The molecular weight excluding hydrogens is 472 g/mol. The molecule has 3 aromatic rings. The first-order valence-electron chi connectivity index (χ1n) is 10.8. The Morgan fingerprint density at radius 2 is 1.88 bits per heavy atom. The SMILES string of the molecule is CCOc1cc(/C=N\NC(=O)[C@@H](C)Sc2nc(C)cc(C)n2)ccc1OCc1cccc(Cl)c1. The summed E-state index contributed by atoms with van der Waals surface area (Å²) in [4.78, 5) is 21.1. The van der Waals surface area contributed by atoms with Gasteiger partial charge in [0, 0.05) is 16.4 Å². The van der Waals surface area contributed by atoms with Crippen LogP contribution in [-0.4, -0.2) is 33.9 Å². The first-order chi connectivity index (χ1) is 16.3. The highest BCUT2D eigenvalue weighted by atomic mass is 35.5. The highest BCUT2D eigenvalue weighted by Gasteiger charge is 2.16. The summed E-state index contributed by atoms with van der Waals surface area (Å²) in [6.07, 6.45) is 1.56. The van der Waals surface area contributed by atoms with E-state index in [1.54, 1.807) is 13.1 Å². The third-order valence-corrected chi connectivity index (χ3v) is 5.75. The lowest BCUT2D eigenvalue weighted by molar-refractivity contribution is -0.120. The van der Waals surface area contributed by atoms with Gasteiger partial charge in [-0.2, -0.15) is 5.10 Å². The number of amides is 1. The van der Waals surface area contributed by atoms with Crippen molar-refractivity contribution in [3.05, 3.63) is 76.1 Å². The second kappa shape index (κ2) is 12.4. The molecule has 0 aliphatic heterocycles. The summed E-state index contributed by atoms with van der Waals surface area (Å²) >= 11 is 7.33. The van der Waals surface area contributed by atoms with Gasteiger partial charge >= 0.3 is 0 Å². The number of rotatable bonds is 10. The van der Waals surface area contributed by atoms with E-state index in [2.05, 4.69) is 20.5 Å². The number of nitrogens with zero attached hydrogens (tertiary/aromatic N) is 3. The minimum Gasteiger partial charge on any atom is -0.490 e. The third kappa shape index (κ3) is 7.74. The smallest absolute Gasteiger partial charge is 0.253 e. The molecule has 1 heterocycles. The first kappa shape index (κ1) is 25.5. The third-order valence-electron chi connectivity index (χ3n) is 4.55. The second-order valence-electron chi connectivity index (χ2n) is 7.49. The average molecular weight is 499 g/mol. The molecule has 1 atom stereocenters. The molecule has 0 radical (unpaired) electrons. The fraction of sp³-hybridized carbons (Fsp3) is 0.280. The number of benzene rings is 2. The van der Waals surface area contributed by atoms with Crippen LogP contribution in [0.2, 0.25) is 5.02 Å². The lowest BCUT2D eigenvalue weighted by atomic mass is 10.2. The van der Waals surface area contributed by atoms with Crippen molar-refractivity contribution < 1.29 is 14.3 Å². The molecule has 0 aliphatic carbocycles. The molecule has 2 aromatic carbocycles. The highest BCUT2D eigenvalue weighted by Crippen LogP contribution is 2.29. The Kier molecular flexibility index (Phi) is 9.30. The predicted octanol–water partition coefficient (Wildman–Crippen LogP) is 5.36. The number of halogens is 1. The maximum atomic E-state index is 12.4. The summed E-state index contributed by atoms with van der Waals surface area (Å²) in [6.45, 7) is 8.34. The summed E-state index contributed by atoms with van der Waals surface area (Å²) in [5.74, 6) is 0.965. The van der Waals surface area contributed by atoms with Crippen LogP contribution in [-0.2, 0) is 11.4 Å². The number of hydrogen-bond donors (Lipinski definition) is 1. The minimum absolute atomic E-state index is 0.240. The summed E-state index contributed by atoms with van der Waals surface area (Å²) in [5, 5.41) is 4.91. The lowest BCUT2D eigenvalue weighted by Gasteiger charge is -2.13. The van der Waals surface area contributed by atoms with E-state index >= 15 is 0 Å². The molecule has 1 aromatic heterocycles. The molecule has 0 saturated heterocycles. The minimum atomic E-state index is -0.403. The van der Waals surface area contributed by atoms with E-state index in [1.165, 1.54) is 11.8 Å².